The maximum Gasteiger partial charge on any atom is 0.337 e. The van der Waals surface area contributed by atoms with Gasteiger partial charge in [-0.2, -0.15) is 0 Å². The van der Waals surface area contributed by atoms with Crippen LogP contribution in [0.3, 0.4) is 0 Å². The third kappa shape index (κ3) is 3.45. The number of carbonyl (C=O) groups is 1. The Balaban J connectivity index is 2.17. The first-order valence-corrected chi connectivity index (χ1v) is 6.43. The highest BCUT2D eigenvalue weighted by atomic mass is 16.5. The highest BCUT2D eigenvalue weighted by Crippen LogP contribution is 2.22. The second-order valence-corrected chi connectivity index (χ2v) is 4.54. The first kappa shape index (κ1) is 13.8. The standard InChI is InChI=1S/C14H20N2O3/c1-18-13-4-3-11(14(17)19-2)9-12(13)10-16-7-5-15-6-8-16/h3-4,9,15H,5-8,10H2,1-2H3. The van der Waals surface area contributed by atoms with Crippen molar-refractivity contribution in [3.05, 3.63) is 29.3 Å². The Morgan fingerprint density at radius 3 is 2.68 bits per heavy atom. The zero-order valence-corrected chi connectivity index (χ0v) is 11.4. The number of methoxy groups -OCH3 is 2. The molecule has 0 radical (unpaired) electrons. The molecule has 5 heteroatoms. The molecule has 0 spiro atoms. The van der Waals surface area contributed by atoms with E-state index in [0.29, 0.717) is 5.56 Å². The van der Waals surface area contributed by atoms with Gasteiger partial charge in [0.05, 0.1) is 19.8 Å². The lowest BCUT2D eigenvalue weighted by atomic mass is 10.1. The highest BCUT2D eigenvalue weighted by molar-refractivity contribution is 5.89. The predicted molar refractivity (Wildman–Crippen MR) is 72.5 cm³/mol. The van der Waals surface area contributed by atoms with Crippen LogP contribution >= 0.6 is 0 Å². The van der Waals surface area contributed by atoms with Crippen LogP contribution < -0.4 is 10.1 Å². The molecular weight excluding hydrogens is 244 g/mol. The van der Waals surface area contributed by atoms with Gasteiger partial charge in [0.25, 0.3) is 0 Å². The fraction of sp³-hybridized carbons (Fsp3) is 0.500. The highest BCUT2D eigenvalue weighted by Gasteiger charge is 2.15. The van der Waals surface area contributed by atoms with Crippen molar-refractivity contribution in [2.45, 2.75) is 6.54 Å². The Kier molecular flexibility index (Phi) is 4.76. The van der Waals surface area contributed by atoms with Crippen LogP contribution in [0.25, 0.3) is 0 Å². The number of nitrogens with one attached hydrogen (secondary N) is 1. The summed E-state index contributed by atoms with van der Waals surface area (Å²) in [5.41, 5.74) is 1.58. The number of esters is 1. The van der Waals surface area contributed by atoms with E-state index < -0.39 is 0 Å². The summed E-state index contributed by atoms with van der Waals surface area (Å²) in [4.78, 5) is 13.9. The zero-order valence-electron chi connectivity index (χ0n) is 11.4. The van der Waals surface area contributed by atoms with E-state index in [-0.39, 0.29) is 5.97 Å². The Morgan fingerprint density at radius 2 is 2.05 bits per heavy atom. The Hall–Kier alpha value is -1.59. The summed E-state index contributed by atoms with van der Waals surface area (Å²) in [7, 11) is 3.04. The maximum atomic E-state index is 11.6. The second-order valence-electron chi connectivity index (χ2n) is 4.54. The number of hydrogen-bond donors (Lipinski definition) is 1. The molecule has 104 valence electrons. The van der Waals surface area contributed by atoms with Gasteiger partial charge in [0.15, 0.2) is 0 Å². The summed E-state index contributed by atoms with van der Waals surface area (Å²) < 4.78 is 10.1. The van der Waals surface area contributed by atoms with Gasteiger partial charge in [-0.25, -0.2) is 4.79 Å². The lowest BCUT2D eigenvalue weighted by Crippen LogP contribution is -2.42. The molecule has 5 nitrogen and oxygen atoms in total. The van der Waals surface area contributed by atoms with Crippen LogP contribution in [0.4, 0.5) is 0 Å². The number of ether oxygens (including phenoxy) is 2. The molecule has 0 atom stereocenters. The van der Waals surface area contributed by atoms with Crippen LogP contribution in [0.2, 0.25) is 0 Å². The van der Waals surface area contributed by atoms with Gasteiger partial charge in [-0.3, -0.25) is 4.90 Å². The summed E-state index contributed by atoms with van der Waals surface area (Å²) >= 11 is 0. The largest absolute Gasteiger partial charge is 0.496 e. The van der Waals surface area contributed by atoms with Gasteiger partial charge in [0, 0.05) is 38.3 Å². The topological polar surface area (TPSA) is 50.8 Å². The molecule has 1 aromatic rings. The van der Waals surface area contributed by atoms with Crippen LogP contribution in [-0.4, -0.2) is 51.3 Å². The van der Waals surface area contributed by atoms with Gasteiger partial charge in [-0.1, -0.05) is 0 Å². The third-order valence-corrected chi connectivity index (χ3v) is 3.31. The van der Waals surface area contributed by atoms with E-state index in [1.807, 2.05) is 12.1 Å². The van der Waals surface area contributed by atoms with E-state index in [1.165, 1.54) is 7.11 Å². The van der Waals surface area contributed by atoms with Gasteiger partial charge >= 0.3 is 5.97 Å². The van der Waals surface area contributed by atoms with Gasteiger partial charge in [-0.15, -0.1) is 0 Å². The van der Waals surface area contributed by atoms with Crippen molar-refractivity contribution in [1.82, 2.24) is 10.2 Å². The van der Waals surface area contributed by atoms with E-state index in [4.69, 9.17) is 9.47 Å². The molecule has 0 aliphatic carbocycles. The molecule has 2 rings (SSSR count). The lowest BCUT2D eigenvalue weighted by molar-refractivity contribution is 0.0600. The first-order valence-electron chi connectivity index (χ1n) is 6.43. The van der Waals surface area contributed by atoms with Crippen LogP contribution in [0.15, 0.2) is 18.2 Å². The number of rotatable bonds is 4. The van der Waals surface area contributed by atoms with E-state index in [2.05, 4.69) is 10.2 Å². The summed E-state index contributed by atoms with van der Waals surface area (Å²) in [6.45, 7) is 4.80. The van der Waals surface area contributed by atoms with Gasteiger partial charge in [-0.05, 0) is 18.2 Å². The molecule has 1 N–H and O–H groups in total. The summed E-state index contributed by atoms with van der Waals surface area (Å²) in [6, 6.07) is 5.41. The van der Waals surface area contributed by atoms with Crippen molar-refractivity contribution in [3.8, 4) is 5.75 Å². The number of hydrogen-bond acceptors (Lipinski definition) is 5. The molecule has 1 aliphatic rings. The average Bonchev–Trinajstić information content (AvgIpc) is 2.47. The van der Waals surface area contributed by atoms with E-state index >= 15 is 0 Å². The van der Waals surface area contributed by atoms with E-state index in [9.17, 15) is 4.79 Å². The van der Waals surface area contributed by atoms with Crippen molar-refractivity contribution in [1.29, 1.82) is 0 Å². The van der Waals surface area contributed by atoms with Crippen LogP contribution in [0, 0.1) is 0 Å². The number of carbonyl (C=O) groups excluding carboxylic acids is 1. The van der Waals surface area contributed by atoms with Crippen molar-refractivity contribution in [2.75, 3.05) is 40.4 Å². The fourth-order valence-corrected chi connectivity index (χ4v) is 2.26. The van der Waals surface area contributed by atoms with E-state index in [1.54, 1.807) is 13.2 Å². The second kappa shape index (κ2) is 6.54. The Labute approximate surface area is 113 Å². The minimum Gasteiger partial charge on any atom is -0.496 e. The molecule has 1 aliphatic heterocycles. The molecular formula is C14H20N2O3. The van der Waals surface area contributed by atoms with Crippen molar-refractivity contribution >= 4 is 5.97 Å². The molecule has 1 heterocycles. The maximum absolute atomic E-state index is 11.6. The molecule has 0 saturated carbocycles. The third-order valence-electron chi connectivity index (χ3n) is 3.31. The monoisotopic (exact) mass is 264 g/mol. The Morgan fingerprint density at radius 1 is 1.32 bits per heavy atom. The van der Waals surface area contributed by atoms with Crippen LogP contribution in [0.5, 0.6) is 5.75 Å². The minimum absolute atomic E-state index is 0.316. The molecule has 0 amide bonds. The van der Waals surface area contributed by atoms with Crippen molar-refractivity contribution in [2.24, 2.45) is 0 Å². The van der Waals surface area contributed by atoms with Crippen molar-refractivity contribution in [3.63, 3.8) is 0 Å². The molecule has 0 unspecified atom stereocenters. The fourth-order valence-electron chi connectivity index (χ4n) is 2.26. The van der Waals surface area contributed by atoms with E-state index in [0.717, 1.165) is 44.0 Å². The smallest absolute Gasteiger partial charge is 0.337 e. The number of piperazine rings is 1. The quantitative estimate of drug-likeness (QED) is 0.818. The predicted octanol–water partition coefficient (Wildman–Crippen LogP) is 0.887. The first-order chi connectivity index (χ1) is 9.24. The summed E-state index contributed by atoms with van der Waals surface area (Å²) in [6.07, 6.45) is 0. The molecule has 19 heavy (non-hydrogen) atoms. The zero-order chi connectivity index (χ0) is 13.7. The minimum atomic E-state index is -0.316. The molecule has 1 fully saturated rings. The van der Waals surface area contributed by atoms with Gasteiger partial charge in [0.2, 0.25) is 0 Å². The van der Waals surface area contributed by atoms with Crippen LogP contribution in [0.1, 0.15) is 15.9 Å². The lowest BCUT2D eigenvalue weighted by Gasteiger charge is -2.27. The molecule has 0 bridgehead atoms. The normalized spacial score (nSPS) is 16.1. The molecule has 0 aromatic heterocycles. The Bertz CT molecular complexity index is 442. The number of benzene rings is 1. The van der Waals surface area contributed by atoms with Gasteiger partial charge < -0.3 is 14.8 Å². The number of nitrogens with zero attached hydrogens (tertiary/aromatic N) is 1. The summed E-state index contributed by atoms with van der Waals surface area (Å²) in [5.74, 6) is 0.496. The average molecular weight is 264 g/mol. The SMILES string of the molecule is COC(=O)c1ccc(OC)c(CN2CCNCC2)c1. The van der Waals surface area contributed by atoms with Crippen molar-refractivity contribution < 1.29 is 14.3 Å². The van der Waals surface area contributed by atoms with Crippen LogP contribution in [-0.2, 0) is 11.3 Å². The van der Waals surface area contributed by atoms with Gasteiger partial charge in [0.1, 0.15) is 5.75 Å². The summed E-state index contributed by atoms with van der Waals surface area (Å²) in [5, 5.41) is 3.32. The molecule has 1 saturated heterocycles. The molecule has 1 aromatic carbocycles.